The van der Waals surface area contributed by atoms with Gasteiger partial charge in [0.05, 0.1) is 13.2 Å². The Bertz CT molecular complexity index is 390. The molecule has 0 bridgehead atoms. The van der Waals surface area contributed by atoms with Crippen LogP contribution in [-0.4, -0.2) is 36.2 Å². The van der Waals surface area contributed by atoms with E-state index in [1.54, 1.807) is 6.07 Å². The molecule has 0 aromatic heterocycles. The van der Waals surface area contributed by atoms with Crippen LogP contribution in [0.5, 0.6) is 5.75 Å². The maximum absolute atomic E-state index is 9.14. The third-order valence-corrected chi connectivity index (χ3v) is 3.62. The van der Waals surface area contributed by atoms with E-state index in [0.29, 0.717) is 12.3 Å². The Morgan fingerprint density at radius 1 is 1.21 bits per heavy atom. The standard InChI is InChI=1S/C15H24N2O2/c16-15-6-5-14(11-13(15)12-18)19-10-4-9-17-7-2-1-3-8-17/h5-6,11,18H,1-4,7-10,12,16H2. The highest BCUT2D eigenvalue weighted by molar-refractivity contribution is 5.50. The number of likely N-dealkylation sites (tertiary alicyclic amines) is 1. The largest absolute Gasteiger partial charge is 0.494 e. The predicted molar refractivity (Wildman–Crippen MR) is 77.2 cm³/mol. The zero-order valence-corrected chi connectivity index (χ0v) is 11.5. The molecule has 0 unspecified atom stereocenters. The molecule has 19 heavy (non-hydrogen) atoms. The lowest BCUT2D eigenvalue weighted by Crippen LogP contribution is -2.31. The molecule has 0 atom stereocenters. The van der Waals surface area contributed by atoms with Gasteiger partial charge >= 0.3 is 0 Å². The van der Waals surface area contributed by atoms with Crippen molar-refractivity contribution in [2.45, 2.75) is 32.3 Å². The quantitative estimate of drug-likeness (QED) is 0.609. The van der Waals surface area contributed by atoms with Crippen LogP contribution in [0.3, 0.4) is 0 Å². The molecule has 1 aliphatic heterocycles. The van der Waals surface area contributed by atoms with E-state index in [4.69, 9.17) is 15.6 Å². The average molecular weight is 264 g/mol. The minimum Gasteiger partial charge on any atom is -0.494 e. The monoisotopic (exact) mass is 264 g/mol. The number of benzene rings is 1. The number of hydrogen-bond acceptors (Lipinski definition) is 4. The molecule has 0 radical (unpaired) electrons. The van der Waals surface area contributed by atoms with Crippen molar-refractivity contribution in [2.24, 2.45) is 0 Å². The van der Waals surface area contributed by atoms with Gasteiger partial charge in [0.1, 0.15) is 5.75 Å². The van der Waals surface area contributed by atoms with Crippen LogP contribution >= 0.6 is 0 Å². The summed E-state index contributed by atoms with van der Waals surface area (Å²) in [7, 11) is 0. The third kappa shape index (κ3) is 4.40. The Morgan fingerprint density at radius 2 is 2.00 bits per heavy atom. The Kier molecular flexibility index (Phi) is 5.48. The molecular formula is C15H24N2O2. The van der Waals surface area contributed by atoms with Gasteiger partial charge in [0.25, 0.3) is 0 Å². The van der Waals surface area contributed by atoms with Crippen LogP contribution in [0.4, 0.5) is 5.69 Å². The summed E-state index contributed by atoms with van der Waals surface area (Å²) in [5.41, 5.74) is 7.07. The maximum atomic E-state index is 9.14. The number of rotatable bonds is 6. The highest BCUT2D eigenvalue weighted by Crippen LogP contribution is 2.19. The van der Waals surface area contributed by atoms with E-state index in [0.717, 1.165) is 24.3 Å². The van der Waals surface area contributed by atoms with Gasteiger partial charge < -0.3 is 20.5 Å². The van der Waals surface area contributed by atoms with Crippen molar-refractivity contribution >= 4 is 5.69 Å². The number of hydrogen-bond donors (Lipinski definition) is 2. The summed E-state index contributed by atoms with van der Waals surface area (Å²) >= 11 is 0. The molecule has 106 valence electrons. The van der Waals surface area contributed by atoms with Crippen molar-refractivity contribution in [3.63, 3.8) is 0 Å². The second-order valence-electron chi connectivity index (χ2n) is 5.12. The van der Waals surface area contributed by atoms with E-state index in [9.17, 15) is 0 Å². The van der Waals surface area contributed by atoms with Gasteiger partial charge in [-0.1, -0.05) is 6.42 Å². The van der Waals surface area contributed by atoms with E-state index in [2.05, 4.69) is 4.90 Å². The van der Waals surface area contributed by atoms with Crippen LogP contribution in [-0.2, 0) is 6.61 Å². The summed E-state index contributed by atoms with van der Waals surface area (Å²) in [4.78, 5) is 2.51. The van der Waals surface area contributed by atoms with E-state index in [-0.39, 0.29) is 6.61 Å². The Balaban J connectivity index is 1.70. The summed E-state index contributed by atoms with van der Waals surface area (Å²) < 4.78 is 5.70. The molecule has 1 fully saturated rings. The molecule has 1 aromatic carbocycles. The molecule has 1 heterocycles. The lowest BCUT2D eigenvalue weighted by molar-refractivity contribution is 0.205. The van der Waals surface area contributed by atoms with Crippen LogP contribution in [0.2, 0.25) is 0 Å². The van der Waals surface area contributed by atoms with Gasteiger partial charge in [0.15, 0.2) is 0 Å². The summed E-state index contributed by atoms with van der Waals surface area (Å²) in [5.74, 6) is 0.789. The minimum atomic E-state index is -0.0448. The summed E-state index contributed by atoms with van der Waals surface area (Å²) in [5, 5.41) is 9.14. The van der Waals surface area contributed by atoms with Crippen LogP contribution in [0.15, 0.2) is 18.2 Å². The maximum Gasteiger partial charge on any atom is 0.119 e. The van der Waals surface area contributed by atoms with Gasteiger partial charge in [-0.15, -0.1) is 0 Å². The number of piperidine rings is 1. The summed E-state index contributed by atoms with van der Waals surface area (Å²) in [6, 6.07) is 5.46. The molecule has 1 aliphatic rings. The molecule has 1 saturated heterocycles. The number of nitrogens with zero attached hydrogens (tertiary/aromatic N) is 1. The lowest BCUT2D eigenvalue weighted by Gasteiger charge is -2.26. The SMILES string of the molecule is Nc1ccc(OCCCN2CCCCC2)cc1CO. The molecule has 0 saturated carbocycles. The van der Waals surface area contributed by atoms with E-state index >= 15 is 0 Å². The van der Waals surface area contributed by atoms with Crippen molar-refractivity contribution in [1.29, 1.82) is 0 Å². The van der Waals surface area contributed by atoms with Crippen molar-refractivity contribution < 1.29 is 9.84 Å². The van der Waals surface area contributed by atoms with Crippen molar-refractivity contribution in [3.05, 3.63) is 23.8 Å². The topological polar surface area (TPSA) is 58.7 Å². The van der Waals surface area contributed by atoms with Crippen LogP contribution < -0.4 is 10.5 Å². The molecule has 3 N–H and O–H groups in total. The zero-order chi connectivity index (χ0) is 13.5. The Hall–Kier alpha value is -1.26. The van der Waals surface area contributed by atoms with Gasteiger partial charge in [0, 0.05) is 17.8 Å². The molecular weight excluding hydrogens is 240 g/mol. The first-order valence-corrected chi connectivity index (χ1v) is 7.14. The lowest BCUT2D eigenvalue weighted by atomic mass is 10.1. The molecule has 2 rings (SSSR count). The van der Waals surface area contributed by atoms with Gasteiger partial charge in [-0.2, -0.15) is 0 Å². The number of nitrogens with two attached hydrogens (primary N) is 1. The molecule has 4 heteroatoms. The van der Waals surface area contributed by atoms with Crippen LogP contribution in [0.1, 0.15) is 31.2 Å². The van der Waals surface area contributed by atoms with Crippen LogP contribution in [0.25, 0.3) is 0 Å². The normalized spacial score (nSPS) is 16.5. The fourth-order valence-electron chi connectivity index (χ4n) is 2.47. The molecule has 0 aliphatic carbocycles. The average Bonchev–Trinajstić information content (AvgIpc) is 2.46. The van der Waals surface area contributed by atoms with Crippen molar-refractivity contribution in [2.75, 3.05) is 32.0 Å². The first-order valence-electron chi connectivity index (χ1n) is 7.14. The number of aliphatic hydroxyl groups excluding tert-OH is 1. The van der Waals surface area contributed by atoms with Crippen LogP contribution in [0, 0.1) is 0 Å². The van der Waals surface area contributed by atoms with E-state index in [1.165, 1.54) is 32.4 Å². The smallest absolute Gasteiger partial charge is 0.119 e. The Morgan fingerprint density at radius 3 is 2.74 bits per heavy atom. The summed E-state index contributed by atoms with van der Waals surface area (Å²) in [6.07, 6.45) is 5.08. The fraction of sp³-hybridized carbons (Fsp3) is 0.600. The second kappa shape index (κ2) is 7.36. The first kappa shape index (κ1) is 14.2. The first-order chi connectivity index (χ1) is 9.29. The highest BCUT2D eigenvalue weighted by Gasteiger charge is 2.09. The molecule has 4 nitrogen and oxygen atoms in total. The van der Waals surface area contributed by atoms with Crippen molar-refractivity contribution in [3.8, 4) is 5.75 Å². The fourth-order valence-corrected chi connectivity index (χ4v) is 2.47. The van der Waals surface area contributed by atoms with Crippen molar-refractivity contribution in [1.82, 2.24) is 4.90 Å². The van der Waals surface area contributed by atoms with Gasteiger partial charge in [-0.05, 0) is 50.6 Å². The molecule has 0 amide bonds. The second-order valence-corrected chi connectivity index (χ2v) is 5.12. The van der Waals surface area contributed by atoms with Gasteiger partial charge in [0.2, 0.25) is 0 Å². The summed E-state index contributed by atoms with van der Waals surface area (Å²) in [6.45, 7) is 4.25. The van der Waals surface area contributed by atoms with E-state index < -0.39 is 0 Å². The number of nitrogen functional groups attached to an aromatic ring is 1. The number of anilines is 1. The predicted octanol–water partition coefficient (Wildman–Crippen LogP) is 2.02. The number of ether oxygens (including phenoxy) is 1. The molecule has 1 aromatic rings. The zero-order valence-electron chi connectivity index (χ0n) is 11.5. The number of aliphatic hydroxyl groups is 1. The van der Waals surface area contributed by atoms with E-state index in [1.807, 2.05) is 12.1 Å². The minimum absolute atomic E-state index is 0.0448. The third-order valence-electron chi connectivity index (χ3n) is 3.62. The van der Waals surface area contributed by atoms with Gasteiger partial charge in [-0.3, -0.25) is 0 Å². The molecule has 0 spiro atoms. The highest BCUT2D eigenvalue weighted by atomic mass is 16.5. The Labute approximate surface area is 115 Å². The van der Waals surface area contributed by atoms with Gasteiger partial charge in [-0.25, -0.2) is 0 Å².